The molecule has 0 aliphatic rings. The van der Waals surface area contributed by atoms with Gasteiger partial charge < -0.3 is 9.79 Å². The first-order chi connectivity index (χ1) is 6.05. The lowest BCUT2D eigenvalue weighted by Crippen LogP contribution is -2.27. The third-order valence-electron chi connectivity index (χ3n) is 1.61. The van der Waals surface area contributed by atoms with Crippen LogP contribution in [-0.4, -0.2) is 9.79 Å². The van der Waals surface area contributed by atoms with Crippen LogP contribution in [0.25, 0.3) is 0 Å². The molecule has 0 aromatic heterocycles. The summed E-state index contributed by atoms with van der Waals surface area (Å²) in [6.07, 6.45) is 0. The highest BCUT2D eigenvalue weighted by atomic mass is 31.2. The Balaban J connectivity index is 2.99. The quantitative estimate of drug-likeness (QED) is 0.322. The van der Waals surface area contributed by atoms with Gasteiger partial charge in [-0.25, -0.2) is 5.43 Å². The van der Waals surface area contributed by atoms with Crippen LogP contribution in [0, 0.1) is 0 Å². The van der Waals surface area contributed by atoms with Crippen molar-refractivity contribution >= 4 is 7.60 Å². The summed E-state index contributed by atoms with van der Waals surface area (Å²) in [7, 11) is -4.23. The average Bonchev–Trinajstić information content (AvgIpc) is 2.05. The van der Waals surface area contributed by atoms with E-state index in [0.29, 0.717) is 5.56 Å². The summed E-state index contributed by atoms with van der Waals surface area (Å²) in [6, 6.07) is 8.34. The minimum Gasteiger partial charge on any atom is -0.323 e. The van der Waals surface area contributed by atoms with Gasteiger partial charge in [0.25, 0.3) is 0 Å². The molecule has 0 spiro atoms. The first kappa shape index (κ1) is 10.4. The van der Waals surface area contributed by atoms with Gasteiger partial charge >= 0.3 is 7.60 Å². The second kappa shape index (κ2) is 4.00. The number of hydrogen-bond acceptors (Lipinski definition) is 3. The molecule has 72 valence electrons. The van der Waals surface area contributed by atoms with Crippen molar-refractivity contribution in [2.75, 3.05) is 0 Å². The van der Waals surface area contributed by atoms with Gasteiger partial charge in [0.1, 0.15) is 5.78 Å². The predicted molar refractivity (Wildman–Crippen MR) is 48.6 cm³/mol. The fourth-order valence-corrected chi connectivity index (χ4v) is 1.78. The molecule has 1 rings (SSSR count). The number of rotatable bonds is 3. The summed E-state index contributed by atoms with van der Waals surface area (Å²) in [5, 5.41) is 0. The molecule has 0 aliphatic heterocycles. The molecule has 0 radical (unpaired) electrons. The summed E-state index contributed by atoms with van der Waals surface area (Å²) >= 11 is 0. The average molecular weight is 202 g/mol. The molecule has 6 heteroatoms. The van der Waals surface area contributed by atoms with Gasteiger partial charge in [0.2, 0.25) is 0 Å². The van der Waals surface area contributed by atoms with E-state index in [-0.39, 0.29) is 0 Å². The van der Waals surface area contributed by atoms with E-state index in [0.717, 1.165) is 0 Å². The normalized spacial score (nSPS) is 14.1. The Morgan fingerprint density at radius 1 is 1.31 bits per heavy atom. The second-order valence-corrected chi connectivity index (χ2v) is 4.26. The molecule has 13 heavy (non-hydrogen) atoms. The fourth-order valence-electron chi connectivity index (χ4n) is 1.02. The number of hydrazine groups is 1. The molecule has 1 aromatic rings. The zero-order valence-electron chi connectivity index (χ0n) is 6.79. The van der Waals surface area contributed by atoms with Gasteiger partial charge in [0.05, 0.1) is 0 Å². The molecular formula is C7H11N2O3P. The third kappa shape index (κ3) is 2.62. The number of benzene rings is 1. The van der Waals surface area contributed by atoms with E-state index < -0.39 is 13.4 Å². The van der Waals surface area contributed by atoms with Crippen molar-refractivity contribution in [2.24, 2.45) is 5.84 Å². The van der Waals surface area contributed by atoms with Crippen molar-refractivity contribution in [3.63, 3.8) is 0 Å². The van der Waals surface area contributed by atoms with Crippen molar-refractivity contribution in [2.45, 2.75) is 5.78 Å². The third-order valence-corrected chi connectivity index (χ3v) is 2.73. The number of hydrogen-bond donors (Lipinski definition) is 4. The number of nitrogens with two attached hydrogens (primary N) is 1. The van der Waals surface area contributed by atoms with Crippen LogP contribution >= 0.6 is 7.60 Å². The van der Waals surface area contributed by atoms with Crippen LogP contribution < -0.4 is 11.3 Å². The van der Waals surface area contributed by atoms with Crippen LogP contribution in [0.3, 0.4) is 0 Å². The van der Waals surface area contributed by atoms with Gasteiger partial charge in [-0.05, 0) is 5.56 Å². The Morgan fingerprint density at radius 3 is 2.23 bits per heavy atom. The molecule has 5 N–H and O–H groups in total. The van der Waals surface area contributed by atoms with Gasteiger partial charge in [-0.1, -0.05) is 30.3 Å². The molecule has 1 atom stereocenters. The van der Waals surface area contributed by atoms with Gasteiger partial charge in [-0.15, -0.1) is 0 Å². The summed E-state index contributed by atoms with van der Waals surface area (Å²) in [4.78, 5) is 17.8. The van der Waals surface area contributed by atoms with Crippen molar-refractivity contribution < 1.29 is 14.4 Å². The molecular weight excluding hydrogens is 191 g/mol. The second-order valence-electron chi connectivity index (χ2n) is 2.57. The monoisotopic (exact) mass is 202 g/mol. The molecule has 0 fully saturated rings. The molecule has 0 saturated heterocycles. The van der Waals surface area contributed by atoms with E-state index in [1.165, 1.54) is 0 Å². The first-order valence-electron chi connectivity index (χ1n) is 3.62. The maximum absolute atomic E-state index is 10.9. The smallest absolute Gasteiger partial charge is 0.323 e. The highest BCUT2D eigenvalue weighted by Gasteiger charge is 2.28. The maximum Gasteiger partial charge on any atom is 0.348 e. The Bertz CT molecular complexity index is 311. The van der Waals surface area contributed by atoms with Crippen LogP contribution in [0.15, 0.2) is 30.3 Å². The molecule has 5 nitrogen and oxygen atoms in total. The van der Waals surface area contributed by atoms with Crippen molar-refractivity contribution in [3.05, 3.63) is 35.9 Å². The van der Waals surface area contributed by atoms with Crippen molar-refractivity contribution in [3.8, 4) is 0 Å². The Morgan fingerprint density at radius 2 is 1.85 bits per heavy atom. The van der Waals surface area contributed by atoms with E-state index in [9.17, 15) is 4.57 Å². The minimum absolute atomic E-state index is 0.471. The molecule has 1 unspecified atom stereocenters. The standard InChI is InChI=1S/C7H11N2O3P/c8-9-7(13(10,11)12)6-4-2-1-3-5-6/h1-5,7,9H,8H2,(H2,10,11,12). The molecule has 0 heterocycles. The van der Waals surface area contributed by atoms with E-state index in [1.807, 2.05) is 0 Å². The molecule has 0 aliphatic carbocycles. The topological polar surface area (TPSA) is 95.6 Å². The van der Waals surface area contributed by atoms with E-state index in [4.69, 9.17) is 15.6 Å². The number of nitrogens with one attached hydrogen (secondary N) is 1. The van der Waals surface area contributed by atoms with Crippen molar-refractivity contribution in [1.29, 1.82) is 0 Å². The van der Waals surface area contributed by atoms with E-state index >= 15 is 0 Å². The molecule has 0 bridgehead atoms. The Labute approximate surface area is 75.7 Å². The van der Waals surface area contributed by atoms with Crippen LogP contribution in [0.2, 0.25) is 0 Å². The van der Waals surface area contributed by atoms with Gasteiger partial charge in [-0.2, -0.15) is 0 Å². The van der Waals surface area contributed by atoms with Gasteiger partial charge in [0.15, 0.2) is 0 Å². The Kier molecular flexibility index (Phi) is 3.19. The first-order valence-corrected chi connectivity index (χ1v) is 5.30. The van der Waals surface area contributed by atoms with E-state index in [1.54, 1.807) is 30.3 Å². The summed E-state index contributed by atoms with van der Waals surface area (Å²) < 4.78 is 10.9. The van der Waals surface area contributed by atoms with Crippen molar-refractivity contribution in [1.82, 2.24) is 5.43 Å². The fraction of sp³-hybridized carbons (Fsp3) is 0.143. The molecule has 1 aromatic carbocycles. The largest absolute Gasteiger partial charge is 0.348 e. The lowest BCUT2D eigenvalue weighted by atomic mass is 10.2. The van der Waals surface area contributed by atoms with Crippen LogP contribution in [0.1, 0.15) is 11.3 Å². The van der Waals surface area contributed by atoms with Crippen LogP contribution in [0.5, 0.6) is 0 Å². The summed E-state index contributed by atoms with van der Waals surface area (Å²) in [6.45, 7) is 0. The zero-order chi connectivity index (χ0) is 9.90. The van der Waals surface area contributed by atoms with Gasteiger partial charge in [0, 0.05) is 0 Å². The minimum atomic E-state index is -4.23. The summed E-state index contributed by atoms with van der Waals surface area (Å²) in [5.74, 6) is 3.92. The SMILES string of the molecule is NNC(c1ccccc1)P(=O)(O)O. The highest BCUT2D eigenvalue weighted by molar-refractivity contribution is 7.52. The maximum atomic E-state index is 10.9. The molecule has 0 saturated carbocycles. The predicted octanol–water partition coefficient (Wildman–Crippen LogP) is 0.326. The Hall–Kier alpha value is -0.710. The van der Waals surface area contributed by atoms with Crippen LogP contribution in [-0.2, 0) is 4.57 Å². The highest BCUT2D eigenvalue weighted by Crippen LogP contribution is 2.49. The zero-order valence-corrected chi connectivity index (χ0v) is 7.69. The van der Waals surface area contributed by atoms with Crippen LogP contribution in [0.4, 0.5) is 0 Å². The lowest BCUT2D eigenvalue weighted by molar-refractivity contribution is 0.349. The van der Waals surface area contributed by atoms with E-state index in [2.05, 4.69) is 5.43 Å². The summed E-state index contributed by atoms with van der Waals surface area (Å²) in [5.41, 5.74) is 2.57. The van der Waals surface area contributed by atoms with Gasteiger partial charge in [-0.3, -0.25) is 10.4 Å². The molecule has 0 amide bonds. The lowest BCUT2D eigenvalue weighted by Gasteiger charge is -2.17.